The molecule has 3 fully saturated rings. The van der Waals surface area contributed by atoms with Gasteiger partial charge in [0.1, 0.15) is 0 Å². The van der Waals surface area contributed by atoms with E-state index in [9.17, 15) is 0 Å². The van der Waals surface area contributed by atoms with Gasteiger partial charge >= 0.3 is 0 Å². The number of nitrogens with one attached hydrogen (secondary N) is 1. The Morgan fingerprint density at radius 3 is 2.38 bits per heavy atom. The van der Waals surface area contributed by atoms with Gasteiger partial charge in [0.25, 0.3) is 0 Å². The van der Waals surface area contributed by atoms with Crippen LogP contribution in [-0.4, -0.2) is 60.6 Å². The Balaban J connectivity index is 1.67. The number of rotatable bonds is 1. The maximum absolute atomic E-state index is 3.64. The molecule has 3 heteroatoms. The minimum atomic E-state index is 0.670. The van der Waals surface area contributed by atoms with Crippen LogP contribution >= 0.6 is 0 Å². The molecule has 2 bridgehead atoms. The van der Waals surface area contributed by atoms with Gasteiger partial charge in [0.2, 0.25) is 0 Å². The molecule has 5 atom stereocenters. The number of fused-ring (bicyclic) bond motifs is 2. The van der Waals surface area contributed by atoms with Gasteiger partial charge in [-0.05, 0) is 45.7 Å². The van der Waals surface area contributed by atoms with Crippen molar-refractivity contribution >= 4 is 0 Å². The summed E-state index contributed by atoms with van der Waals surface area (Å²) in [7, 11) is 0. The summed E-state index contributed by atoms with van der Waals surface area (Å²) < 4.78 is 0. The van der Waals surface area contributed by atoms with E-state index in [4.69, 9.17) is 0 Å². The van der Waals surface area contributed by atoms with E-state index in [1.165, 1.54) is 45.6 Å². The van der Waals surface area contributed by atoms with Gasteiger partial charge in [0, 0.05) is 37.8 Å². The van der Waals surface area contributed by atoms with Crippen molar-refractivity contribution < 1.29 is 0 Å². The van der Waals surface area contributed by atoms with Crippen LogP contribution in [0.4, 0.5) is 0 Å². The molecule has 16 heavy (non-hydrogen) atoms. The highest BCUT2D eigenvalue weighted by molar-refractivity contribution is 4.95. The zero-order valence-electron chi connectivity index (χ0n) is 10.7. The van der Waals surface area contributed by atoms with Gasteiger partial charge in [-0.25, -0.2) is 0 Å². The van der Waals surface area contributed by atoms with Crippen LogP contribution in [0.3, 0.4) is 0 Å². The number of piperazine rings is 1. The topological polar surface area (TPSA) is 18.5 Å². The molecule has 3 heterocycles. The molecule has 0 saturated carbocycles. The lowest BCUT2D eigenvalue weighted by atomic mass is 9.91. The minimum Gasteiger partial charge on any atom is -0.309 e. The third-order valence-corrected chi connectivity index (χ3v) is 4.65. The summed E-state index contributed by atoms with van der Waals surface area (Å²) in [6.45, 7) is 11.2. The van der Waals surface area contributed by atoms with Gasteiger partial charge in [-0.15, -0.1) is 0 Å². The van der Waals surface area contributed by atoms with Gasteiger partial charge in [-0.1, -0.05) is 0 Å². The van der Waals surface area contributed by atoms with Crippen LogP contribution < -0.4 is 5.32 Å². The highest BCUT2D eigenvalue weighted by atomic mass is 15.3. The fraction of sp³-hybridized carbons (Fsp3) is 1.00. The molecule has 3 aliphatic rings. The SMILES string of the molecule is CC1CN(C2CCN3CCC2C3)CC(C)N1. The van der Waals surface area contributed by atoms with Crippen LogP contribution in [-0.2, 0) is 0 Å². The average Bonchev–Trinajstić information content (AvgIpc) is 2.59. The van der Waals surface area contributed by atoms with Crippen LogP contribution in [0.15, 0.2) is 0 Å². The molecule has 3 saturated heterocycles. The molecular formula is C13H25N3. The molecule has 1 N–H and O–H groups in total. The third-order valence-electron chi connectivity index (χ3n) is 4.65. The lowest BCUT2D eigenvalue weighted by Crippen LogP contribution is -2.59. The van der Waals surface area contributed by atoms with E-state index in [-0.39, 0.29) is 0 Å². The molecule has 0 radical (unpaired) electrons. The summed E-state index contributed by atoms with van der Waals surface area (Å²) >= 11 is 0. The predicted molar refractivity (Wildman–Crippen MR) is 66.6 cm³/mol. The standard InChI is InChI=1S/C13H25N3/c1-10-7-16(8-11(2)14-10)13-4-6-15-5-3-12(13)9-15/h10-14H,3-9H2,1-2H3. The molecule has 0 aliphatic carbocycles. The van der Waals surface area contributed by atoms with E-state index in [1.54, 1.807) is 0 Å². The fourth-order valence-electron chi connectivity index (χ4n) is 4.05. The molecule has 0 aromatic rings. The van der Waals surface area contributed by atoms with Gasteiger partial charge in [0.05, 0.1) is 0 Å². The fourth-order valence-corrected chi connectivity index (χ4v) is 4.05. The molecule has 0 amide bonds. The van der Waals surface area contributed by atoms with Gasteiger partial charge < -0.3 is 10.2 Å². The van der Waals surface area contributed by atoms with Crippen molar-refractivity contribution in [2.24, 2.45) is 5.92 Å². The highest BCUT2D eigenvalue weighted by Gasteiger charge is 2.38. The highest BCUT2D eigenvalue weighted by Crippen LogP contribution is 2.31. The summed E-state index contributed by atoms with van der Waals surface area (Å²) in [6.07, 6.45) is 2.85. The lowest BCUT2D eigenvalue weighted by molar-refractivity contribution is 0.0616. The van der Waals surface area contributed by atoms with Crippen LogP contribution in [0.5, 0.6) is 0 Å². The van der Waals surface area contributed by atoms with E-state index in [1.807, 2.05) is 0 Å². The quantitative estimate of drug-likeness (QED) is 0.708. The average molecular weight is 223 g/mol. The van der Waals surface area contributed by atoms with E-state index in [2.05, 4.69) is 29.0 Å². The first-order valence-electron chi connectivity index (χ1n) is 6.95. The van der Waals surface area contributed by atoms with Crippen LogP contribution in [0, 0.1) is 5.92 Å². The Labute approximate surface area is 99.2 Å². The van der Waals surface area contributed by atoms with E-state index in [0.29, 0.717) is 12.1 Å². The van der Waals surface area contributed by atoms with E-state index < -0.39 is 0 Å². The second-order valence-electron chi connectivity index (χ2n) is 6.13. The zero-order valence-corrected chi connectivity index (χ0v) is 10.7. The monoisotopic (exact) mass is 223 g/mol. The van der Waals surface area contributed by atoms with Crippen molar-refractivity contribution in [1.29, 1.82) is 0 Å². The first-order valence-corrected chi connectivity index (χ1v) is 6.95. The van der Waals surface area contributed by atoms with Crippen LogP contribution in [0.25, 0.3) is 0 Å². The van der Waals surface area contributed by atoms with Crippen molar-refractivity contribution in [3.8, 4) is 0 Å². The first kappa shape index (κ1) is 11.0. The van der Waals surface area contributed by atoms with E-state index in [0.717, 1.165) is 12.0 Å². The molecular weight excluding hydrogens is 198 g/mol. The predicted octanol–water partition coefficient (Wildman–Crippen LogP) is 0.763. The third kappa shape index (κ3) is 2.01. The smallest absolute Gasteiger partial charge is 0.0169 e. The number of hydrogen-bond donors (Lipinski definition) is 1. The summed E-state index contributed by atoms with van der Waals surface area (Å²) in [5.74, 6) is 0.964. The van der Waals surface area contributed by atoms with Crippen LogP contribution in [0.1, 0.15) is 26.7 Å². The molecule has 3 rings (SSSR count). The van der Waals surface area contributed by atoms with Crippen molar-refractivity contribution in [3.63, 3.8) is 0 Å². The van der Waals surface area contributed by atoms with Crippen molar-refractivity contribution in [1.82, 2.24) is 15.1 Å². The minimum absolute atomic E-state index is 0.670. The Morgan fingerprint density at radius 1 is 0.938 bits per heavy atom. The lowest BCUT2D eigenvalue weighted by Gasteiger charge is -2.45. The van der Waals surface area contributed by atoms with Gasteiger partial charge in [0.15, 0.2) is 0 Å². The zero-order chi connectivity index (χ0) is 11.1. The summed E-state index contributed by atoms with van der Waals surface area (Å²) in [5, 5.41) is 3.64. The molecule has 0 spiro atoms. The molecule has 0 aromatic carbocycles. The molecule has 0 aromatic heterocycles. The summed E-state index contributed by atoms with van der Waals surface area (Å²) in [6, 6.07) is 2.22. The molecule has 3 nitrogen and oxygen atoms in total. The largest absolute Gasteiger partial charge is 0.309 e. The Morgan fingerprint density at radius 2 is 1.62 bits per heavy atom. The molecule has 92 valence electrons. The number of hydrogen-bond acceptors (Lipinski definition) is 3. The molecule has 5 unspecified atom stereocenters. The van der Waals surface area contributed by atoms with Crippen molar-refractivity contribution in [2.75, 3.05) is 32.7 Å². The Kier molecular flexibility index (Phi) is 2.94. The van der Waals surface area contributed by atoms with Crippen molar-refractivity contribution in [3.05, 3.63) is 0 Å². The summed E-state index contributed by atoms with van der Waals surface area (Å²) in [4.78, 5) is 5.43. The van der Waals surface area contributed by atoms with Gasteiger partial charge in [-0.2, -0.15) is 0 Å². The van der Waals surface area contributed by atoms with Crippen LogP contribution in [0.2, 0.25) is 0 Å². The maximum atomic E-state index is 3.64. The summed E-state index contributed by atoms with van der Waals surface area (Å²) in [5.41, 5.74) is 0. The Bertz CT molecular complexity index is 246. The Hall–Kier alpha value is -0.120. The number of nitrogens with zero attached hydrogens (tertiary/aromatic N) is 2. The normalized spacial score (nSPS) is 49.5. The maximum Gasteiger partial charge on any atom is 0.0169 e. The second kappa shape index (κ2) is 4.28. The first-order chi connectivity index (χ1) is 7.72. The molecule has 3 aliphatic heterocycles. The van der Waals surface area contributed by atoms with E-state index >= 15 is 0 Å². The second-order valence-corrected chi connectivity index (χ2v) is 6.13. The van der Waals surface area contributed by atoms with Gasteiger partial charge in [-0.3, -0.25) is 4.90 Å². The van der Waals surface area contributed by atoms with Crippen molar-refractivity contribution in [2.45, 2.75) is 44.8 Å². The number of piperidine rings is 1.